The summed E-state index contributed by atoms with van der Waals surface area (Å²) in [5.41, 5.74) is 0. The van der Waals surface area contributed by atoms with Crippen molar-refractivity contribution in [3.05, 3.63) is 47.2 Å². The van der Waals surface area contributed by atoms with Gasteiger partial charge in [0.05, 0.1) is 4.88 Å². The fourth-order valence-corrected chi connectivity index (χ4v) is 3.37. The number of hydrogen-bond donors (Lipinski definition) is 0. The molecule has 0 saturated heterocycles. The highest BCUT2D eigenvalue weighted by Gasteiger charge is 2.05. The second-order valence-corrected chi connectivity index (χ2v) is 4.83. The van der Waals surface area contributed by atoms with E-state index in [2.05, 4.69) is 41.1 Å². The molecule has 0 aliphatic carbocycles. The first-order valence-corrected chi connectivity index (χ1v) is 6.07. The third kappa shape index (κ3) is 1.19. The average Bonchev–Trinajstić information content (AvgIpc) is 2.85. The number of thiophene rings is 2. The molecule has 0 spiro atoms. The topological polar surface area (TPSA) is 0 Å². The van der Waals surface area contributed by atoms with Crippen LogP contribution in [-0.2, 0) is 0 Å². The Morgan fingerprint density at radius 1 is 1.07 bits per heavy atom. The Balaban J connectivity index is 2.33. The summed E-state index contributed by atoms with van der Waals surface area (Å²) < 4.78 is 0. The highest BCUT2D eigenvalue weighted by Crippen LogP contribution is 2.36. The Morgan fingerprint density at radius 3 is 2.86 bits per heavy atom. The van der Waals surface area contributed by atoms with Gasteiger partial charge in [-0.15, -0.1) is 22.7 Å². The largest absolute Gasteiger partial charge is 0.142 e. The molecule has 0 atom stereocenters. The van der Waals surface area contributed by atoms with E-state index in [-0.39, 0.29) is 0 Å². The molecule has 67 valence electrons. The highest BCUT2D eigenvalue weighted by molar-refractivity contribution is 7.21. The van der Waals surface area contributed by atoms with E-state index in [1.807, 2.05) is 17.4 Å². The van der Waals surface area contributed by atoms with Crippen LogP contribution in [0.25, 0.3) is 20.5 Å². The maximum atomic E-state index is 3.13. The standard InChI is InChI=1S/C12H7S2/c1-2-5-10-9(4-1)8-14-12(10)11-6-3-7-13-11/h1-6,8H. The fourth-order valence-electron chi connectivity index (χ4n) is 1.55. The van der Waals surface area contributed by atoms with Gasteiger partial charge in [-0.1, -0.05) is 24.3 Å². The molecule has 2 heteroatoms. The van der Waals surface area contributed by atoms with Crippen LogP contribution in [0.5, 0.6) is 0 Å². The van der Waals surface area contributed by atoms with Gasteiger partial charge in [0.25, 0.3) is 0 Å². The van der Waals surface area contributed by atoms with E-state index in [0.717, 1.165) is 0 Å². The smallest absolute Gasteiger partial charge is 0.0521 e. The molecule has 0 unspecified atom stereocenters. The molecule has 0 saturated carbocycles. The van der Waals surface area contributed by atoms with Gasteiger partial charge in [-0.05, 0) is 22.9 Å². The van der Waals surface area contributed by atoms with E-state index in [4.69, 9.17) is 0 Å². The van der Waals surface area contributed by atoms with Crippen molar-refractivity contribution in [3.63, 3.8) is 0 Å². The average molecular weight is 215 g/mol. The number of benzene rings is 1. The van der Waals surface area contributed by atoms with Gasteiger partial charge in [-0.3, -0.25) is 0 Å². The Bertz CT molecular complexity index is 546. The molecule has 3 aromatic rings. The second-order valence-electron chi connectivity index (χ2n) is 3.07. The predicted octanol–water partition coefficient (Wildman–Crippen LogP) is 4.43. The molecule has 0 amide bonds. The molecule has 0 aliphatic heterocycles. The first-order chi connectivity index (χ1) is 6.95. The van der Waals surface area contributed by atoms with Crippen LogP contribution in [-0.4, -0.2) is 0 Å². The molecule has 0 nitrogen and oxygen atoms in total. The monoisotopic (exact) mass is 215 g/mol. The molecule has 14 heavy (non-hydrogen) atoms. The van der Waals surface area contributed by atoms with Crippen molar-refractivity contribution < 1.29 is 0 Å². The predicted molar refractivity (Wildman–Crippen MR) is 64.0 cm³/mol. The summed E-state index contributed by atoms with van der Waals surface area (Å²) in [6.07, 6.45) is 0. The Kier molecular flexibility index (Phi) is 1.89. The number of hydrogen-bond acceptors (Lipinski definition) is 2. The summed E-state index contributed by atoms with van der Waals surface area (Å²) in [5, 5.41) is 8.03. The van der Waals surface area contributed by atoms with Crippen LogP contribution >= 0.6 is 22.7 Å². The van der Waals surface area contributed by atoms with Gasteiger partial charge in [-0.25, -0.2) is 0 Å². The van der Waals surface area contributed by atoms with Crippen molar-refractivity contribution in [1.82, 2.24) is 0 Å². The van der Waals surface area contributed by atoms with Crippen LogP contribution in [0.3, 0.4) is 0 Å². The molecule has 2 heterocycles. The highest BCUT2D eigenvalue weighted by atomic mass is 32.1. The fraction of sp³-hybridized carbons (Fsp3) is 0. The van der Waals surface area contributed by atoms with Crippen LogP contribution in [0.2, 0.25) is 0 Å². The van der Waals surface area contributed by atoms with Crippen molar-refractivity contribution in [3.8, 4) is 9.75 Å². The third-order valence-corrected chi connectivity index (χ3v) is 4.20. The van der Waals surface area contributed by atoms with E-state index in [0.29, 0.717) is 0 Å². The number of rotatable bonds is 1. The van der Waals surface area contributed by atoms with E-state index in [1.54, 1.807) is 11.3 Å². The summed E-state index contributed by atoms with van der Waals surface area (Å²) in [7, 11) is 0. The first-order valence-electron chi connectivity index (χ1n) is 4.37. The van der Waals surface area contributed by atoms with Crippen LogP contribution in [0.15, 0.2) is 41.8 Å². The maximum Gasteiger partial charge on any atom is 0.0521 e. The molecule has 0 bridgehead atoms. The van der Waals surface area contributed by atoms with Gasteiger partial charge in [0.2, 0.25) is 0 Å². The molecule has 2 aromatic heterocycles. The Morgan fingerprint density at radius 2 is 2.00 bits per heavy atom. The van der Waals surface area contributed by atoms with E-state index in [9.17, 15) is 0 Å². The molecule has 0 N–H and O–H groups in total. The minimum Gasteiger partial charge on any atom is -0.142 e. The normalized spacial score (nSPS) is 10.9. The van der Waals surface area contributed by atoms with E-state index >= 15 is 0 Å². The Hall–Kier alpha value is -1.12. The van der Waals surface area contributed by atoms with Crippen LogP contribution in [0, 0.1) is 5.38 Å². The molecule has 3 rings (SSSR count). The summed E-state index contributed by atoms with van der Waals surface area (Å²) >= 11 is 3.49. The zero-order valence-electron chi connectivity index (χ0n) is 7.36. The van der Waals surface area contributed by atoms with Crippen molar-refractivity contribution in [2.45, 2.75) is 0 Å². The summed E-state index contributed by atoms with van der Waals surface area (Å²) in [4.78, 5) is 2.68. The summed E-state index contributed by atoms with van der Waals surface area (Å²) in [5.74, 6) is 0. The zero-order valence-corrected chi connectivity index (χ0v) is 8.99. The molecule has 1 aromatic carbocycles. The minimum absolute atomic E-state index is 1.32. The number of fused-ring (bicyclic) bond motifs is 1. The molecule has 0 fully saturated rings. The lowest BCUT2D eigenvalue weighted by Crippen LogP contribution is -1.66. The molecule has 1 radical (unpaired) electrons. The van der Waals surface area contributed by atoms with Crippen molar-refractivity contribution in [1.29, 1.82) is 0 Å². The summed E-state index contributed by atoms with van der Waals surface area (Å²) in [6, 6.07) is 12.6. The quantitative estimate of drug-likeness (QED) is 0.563. The molecular formula is C12H7S2. The van der Waals surface area contributed by atoms with Crippen molar-refractivity contribution >= 4 is 33.4 Å². The van der Waals surface area contributed by atoms with E-state index in [1.165, 1.54) is 20.5 Å². The van der Waals surface area contributed by atoms with Gasteiger partial charge in [-0.2, -0.15) is 0 Å². The van der Waals surface area contributed by atoms with Gasteiger partial charge >= 0.3 is 0 Å². The van der Waals surface area contributed by atoms with Crippen LogP contribution in [0.1, 0.15) is 0 Å². The van der Waals surface area contributed by atoms with Gasteiger partial charge in [0.1, 0.15) is 0 Å². The lowest BCUT2D eigenvalue weighted by atomic mass is 10.2. The Labute approximate surface area is 90.5 Å². The SMILES string of the molecule is [c]1ccc(-c2scc3ccccc23)s1. The summed E-state index contributed by atoms with van der Waals surface area (Å²) in [6.45, 7) is 0. The maximum absolute atomic E-state index is 3.13. The lowest BCUT2D eigenvalue weighted by Gasteiger charge is -1.93. The minimum atomic E-state index is 1.32. The molecular weight excluding hydrogens is 208 g/mol. The first kappa shape index (κ1) is 8.21. The van der Waals surface area contributed by atoms with Crippen LogP contribution < -0.4 is 0 Å². The van der Waals surface area contributed by atoms with Crippen molar-refractivity contribution in [2.75, 3.05) is 0 Å². The third-order valence-electron chi connectivity index (χ3n) is 2.20. The van der Waals surface area contributed by atoms with Gasteiger partial charge in [0.15, 0.2) is 0 Å². The lowest BCUT2D eigenvalue weighted by molar-refractivity contribution is 1.84. The van der Waals surface area contributed by atoms with Crippen molar-refractivity contribution in [2.24, 2.45) is 0 Å². The molecule has 0 aliphatic rings. The van der Waals surface area contributed by atoms with E-state index < -0.39 is 0 Å². The zero-order chi connectivity index (χ0) is 9.38. The van der Waals surface area contributed by atoms with Gasteiger partial charge < -0.3 is 0 Å². The second kappa shape index (κ2) is 3.23. The van der Waals surface area contributed by atoms with Gasteiger partial charge in [0, 0.05) is 15.6 Å². The van der Waals surface area contributed by atoms with Crippen LogP contribution in [0.4, 0.5) is 0 Å².